The summed E-state index contributed by atoms with van der Waals surface area (Å²) >= 11 is 0. The van der Waals surface area contributed by atoms with E-state index in [1.54, 1.807) is 33.8 Å². The van der Waals surface area contributed by atoms with Crippen LogP contribution in [0.2, 0.25) is 0 Å². The number of ether oxygens (including phenoxy) is 2. The van der Waals surface area contributed by atoms with Crippen LogP contribution in [0.5, 0.6) is 5.75 Å². The normalized spacial score (nSPS) is 23.3. The number of anilines is 1. The highest BCUT2D eigenvalue weighted by Crippen LogP contribution is 2.48. The Morgan fingerprint density at radius 3 is 2.56 bits per heavy atom. The van der Waals surface area contributed by atoms with Crippen LogP contribution in [0.4, 0.5) is 23.4 Å². The second-order valence-corrected chi connectivity index (χ2v) is 9.45. The molecule has 1 spiro atoms. The molecule has 0 radical (unpaired) electrons. The van der Waals surface area contributed by atoms with Gasteiger partial charge in [0, 0.05) is 32.0 Å². The van der Waals surface area contributed by atoms with Crippen LogP contribution in [0.25, 0.3) is 5.52 Å². The van der Waals surface area contributed by atoms with Crippen molar-refractivity contribution >= 4 is 17.2 Å². The van der Waals surface area contributed by atoms with Crippen LogP contribution in [0.1, 0.15) is 37.3 Å². The fourth-order valence-corrected chi connectivity index (χ4v) is 5.73. The van der Waals surface area contributed by atoms with Gasteiger partial charge >= 0.3 is 0 Å². The molecule has 7 nitrogen and oxygen atoms in total. The lowest BCUT2D eigenvalue weighted by molar-refractivity contribution is -0.140. The number of aromatic nitrogens is 2. The number of fused-ring (bicyclic) bond motifs is 2. The largest absolute Gasteiger partial charge is 0.485 e. The molecule has 3 aliphatic rings. The number of rotatable bonds is 5. The van der Waals surface area contributed by atoms with Crippen LogP contribution >= 0.6 is 0 Å². The molecule has 0 saturated carbocycles. The van der Waals surface area contributed by atoms with E-state index < -0.39 is 42.5 Å². The first-order valence-corrected chi connectivity index (χ1v) is 11.9. The Bertz CT molecular complexity index is 1290. The van der Waals surface area contributed by atoms with Crippen LogP contribution < -0.4 is 9.64 Å². The minimum absolute atomic E-state index is 0.140. The highest BCUT2D eigenvalue weighted by Gasteiger charge is 2.58. The van der Waals surface area contributed by atoms with Crippen molar-refractivity contribution in [3.63, 3.8) is 0 Å². The maximum atomic E-state index is 13.8. The monoisotopic (exact) mass is 504 g/mol. The van der Waals surface area contributed by atoms with Crippen LogP contribution in [-0.2, 0) is 9.53 Å². The Balaban J connectivity index is 1.19. The number of alkyl halides is 2. The van der Waals surface area contributed by atoms with Crippen molar-refractivity contribution in [2.75, 3.05) is 24.6 Å². The van der Waals surface area contributed by atoms with Gasteiger partial charge in [-0.15, -0.1) is 0 Å². The van der Waals surface area contributed by atoms with Gasteiger partial charge in [-0.1, -0.05) is 0 Å². The Morgan fingerprint density at radius 2 is 1.83 bits per heavy atom. The Labute approximate surface area is 204 Å². The summed E-state index contributed by atoms with van der Waals surface area (Å²) < 4.78 is 66.1. The highest BCUT2D eigenvalue weighted by molar-refractivity contribution is 5.88. The summed E-state index contributed by atoms with van der Waals surface area (Å²) in [6.07, 6.45) is 0.652. The van der Waals surface area contributed by atoms with Gasteiger partial charge in [-0.2, -0.15) is 5.10 Å². The first kappa shape index (κ1) is 23.1. The smallest absolute Gasteiger partial charge is 0.272 e. The van der Waals surface area contributed by atoms with Crippen molar-refractivity contribution < 1.29 is 31.8 Å². The van der Waals surface area contributed by atoms with E-state index in [2.05, 4.69) is 10.00 Å². The minimum Gasteiger partial charge on any atom is -0.485 e. The number of benzene rings is 1. The SMILES string of the molecule is O=C1N2C(CCC2c2cc(F)cc(F)c2)OC12CCN(c1ccc(OCC(F)F)c3ccnn13)CC2. The number of hydrogen-bond donors (Lipinski definition) is 0. The quantitative estimate of drug-likeness (QED) is 0.485. The van der Waals surface area contributed by atoms with E-state index >= 15 is 0 Å². The molecule has 0 N–H and O–H groups in total. The zero-order valence-electron chi connectivity index (χ0n) is 19.2. The molecule has 0 bridgehead atoms. The summed E-state index contributed by atoms with van der Waals surface area (Å²) in [5, 5.41) is 4.33. The molecule has 3 aromatic rings. The number of piperidine rings is 1. The number of amides is 1. The van der Waals surface area contributed by atoms with Gasteiger partial charge in [-0.25, -0.2) is 22.1 Å². The zero-order chi connectivity index (χ0) is 25.0. The number of carbonyl (C=O) groups excluding carboxylic acids is 1. The summed E-state index contributed by atoms with van der Waals surface area (Å²) in [6, 6.07) is 8.07. The lowest BCUT2D eigenvalue weighted by Gasteiger charge is -2.38. The van der Waals surface area contributed by atoms with E-state index in [9.17, 15) is 22.4 Å². The molecule has 36 heavy (non-hydrogen) atoms. The van der Waals surface area contributed by atoms with Crippen LogP contribution in [0.15, 0.2) is 42.6 Å². The molecular formula is C25H24F4N4O3. The Hall–Kier alpha value is -3.34. The van der Waals surface area contributed by atoms with Crippen molar-refractivity contribution in [2.24, 2.45) is 0 Å². The van der Waals surface area contributed by atoms with Crippen molar-refractivity contribution in [2.45, 2.75) is 50.0 Å². The number of halogens is 4. The van der Waals surface area contributed by atoms with E-state index in [1.165, 1.54) is 12.1 Å². The predicted octanol–water partition coefficient (Wildman–Crippen LogP) is 4.32. The molecule has 1 amide bonds. The molecule has 5 heterocycles. The van der Waals surface area contributed by atoms with Gasteiger partial charge in [0.05, 0.1) is 12.2 Å². The fraction of sp³-hybridized carbons (Fsp3) is 0.440. The van der Waals surface area contributed by atoms with Crippen LogP contribution in [-0.4, -0.2) is 58.4 Å². The van der Waals surface area contributed by atoms with Gasteiger partial charge in [0.1, 0.15) is 41.6 Å². The van der Waals surface area contributed by atoms with Gasteiger partial charge in [-0.3, -0.25) is 4.79 Å². The third kappa shape index (κ3) is 3.76. The fourth-order valence-electron chi connectivity index (χ4n) is 5.73. The Kier molecular flexibility index (Phi) is 5.55. The van der Waals surface area contributed by atoms with Gasteiger partial charge in [0.2, 0.25) is 0 Å². The third-order valence-corrected chi connectivity index (χ3v) is 7.34. The molecule has 190 valence electrons. The number of pyridine rings is 1. The van der Waals surface area contributed by atoms with Gasteiger partial charge < -0.3 is 19.3 Å². The number of hydrogen-bond acceptors (Lipinski definition) is 5. The van der Waals surface area contributed by atoms with Crippen molar-refractivity contribution in [3.8, 4) is 5.75 Å². The predicted molar refractivity (Wildman–Crippen MR) is 121 cm³/mol. The molecule has 11 heteroatoms. The van der Waals surface area contributed by atoms with Crippen LogP contribution in [0, 0.1) is 11.6 Å². The van der Waals surface area contributed by atoms with Crippen molar-refractivity contribution in [1.82, 2.24) is 14.5 Å². The summed E-state index contributed by atoms with van der Waals surface area (Å²) in [4.78, 5) is 17.3. The lowest BCUT2D eigenvalue weighted by atomic mass is 9.89. The molecule has 2 aromatic heterocycles. The van der Waals surface area contributed by atoms with Gasteiger partial charge in [0.25, 0.3) is 12.3 Å². The molecule has 6 rings (SSSR count). The topological polar surface area (TPSA) is 59.3 Å². The zero-order valence-corrected chi connectivity index (χ0v) is 19.2. The third-order valence-electron chi connectivity index (χ3n) is 7.34. The average Bonchev–Trinajstić information content (AvgIpc) is 3.55. The maximum absolute atomic E-state index is 13.8. The number of carbonyl (C=O) groups is 1. The van der Waals surface area contributed by atoms with Crippen LogP contribution in [0.3, 0.4) is 0 Å². The van der Waals surface area contributed by atoms with E-state index in [0.717, 1.165) is 11.9 Å². The summed E-state index contributed by atoms with van der Waals surface area (Å²) in [5.74, 6) is -0.397. The molecule has 2 unspecified atom stereocenters. The first-order valence-electron chi connectivity index (χ1n) is 11.9. The maximum Gasteiger partial charge on any atom is 0.272 e. The first-order chi connectivity index (χ1) is 17.3. The molecule has 1 aromatic carbocycles. The average molecular weight is 504 g/mol. The molecule has 0 aliphatic carbocycles. The molecule has 3 fully saturated rings. The minimum atomic E-state index is -2.58. The lowest BCUT2D eigenvalue weighted by Crippen LogP contribution is -2.50. The van der Waals surface area contributed by atoms with E-state index in [4.69, 9.17) is 9.47 Å². The van der Waals surface area contributed by atoms with E-state index in [0.29, 0.717) is 55.6 Å². The summed E-state index contributed by atoms with van der Waals surface area (Å²) in [6.45, 7) is 0.322. The molecule has 3 saturated heterocycles. The molecular weight excluding hydrogens is 480 g/mol. The highest BCUT2D eigenvalue weighted by atomic mass is 19.3. The second-order valence-electron chi connectivity index (χ2n) is 9.45. The number of nitrogens with zero attached hydrogens (tertiary/aromatic N) is 4. The van der Waals surface area contributed by atoms with E-state index in [1.807, 2.05) is 0 Å². The van der Waals surface area contributed by atoms with Gasteiger partial charge in [-0.05, 0) is 48.7 Å². The van der Waals surface area contributed by atoms with Crippen molar-refractivity contribution in [3.05, 3.63) is 59.8 Å². The molecule has 3 aliphatic heterocycles. The Morgan fingerprint density at radius 1 is 1.08 bits per heavy atom. The summed E-state index contributed by atoms with van der Waals surface area (Å²) in [5.41, 5.74) is 0.0408. The standard InChI is InChI=1S/C25H24F4N4O3/c26-16-11-15(12-17(27)13-16)18-1-4-23-32(18)24(34)25(36-23)6-9-31(10-7-25)22-3-2-20(35-14-21(28)29)19-5-8-30-33(19)22/h2-3,5,8,11-13,18,21,23H,1,4,6-7,9-10,14H2. The second kappa shape index (κ2) is 8.65. The molecule has 2 atom stereocenters. The summed E-state index contributed by atoms with van der Waals surface area (Å²) in [7, 11) is 0. The van der Waals surface area contributed by atoms with E-state index in [-0.39, 0.29) is 5.91 Å². The van der Waals surface area contributed by atoms with Gasteiger partial charge in [0.15, 0.2) is 5.60 Å². The van der Waals surface area contributed by atoms with Crippen molar-refractivity contribution in [1.29, 1.82) is 0 Å².